The molecule has 0 aromatic heterocycles. The van der Waals surface area contributed by atoms with Gasteiger partial charge < -0.3 is 10.2 Å². The number of hydrogen-bond donors (Lipinski definition) is 1. The number of carbonyl (C=O) groups is 2. The van der Waals surface area contributed by atoms with Crippen molar-refractivity contribution in [3.05, 3.63) is 41.0 Å². The quantitative estimate of drug-likeness (QED) is 0.872. The molecule has 1 N–H and O–H groups in total. The zero-order valence-electron chi connectivity index (χ0n) is 15.5. The molecule has 1 aliphatic carbocycles. The standard InChI is InChI=1S/C22H25N3O2/c23-14-18-6-3-11-25(18)22(27)21-19(9-10-24-21)20(26)8-7-15-12-16-4-1-2-5-17(16)13-15/h1-2,4-5,12,18-19,21,24H,3,6-11,13H2/t18-,19?,21+/m0/s1. The van der Waals surface area contributed by atoms with Gasteiger partial charge in [0, 0.05) is 18.9 Å². The van der Waals surface area contributed by atoms with Crippen molar-refractivity contribution < 1.29 is 9.59 Å². The third kappa shape index (κ3) is 3.54. The second-order valence-electron chi connectivity index (χ2n) is 7.79. The molecular weight excluding hydrogens is 338 g/mol. The monoisotopic (exact) mass is 363 g/mol. The van der Waals surface area contributed by atoms with E-state index in [4.69, 9.17) is 0 Å². The first-order chi connectivity index (χ1) is 13.2. The van der Waals surface area contributed by atoms with Crippen molar-refractivity contribution in [2.45, 2.75) is 50.6 Å². The fourth-order valence-corrected chi connectivity index (χ4v) is 4.63. The molecule has 0 bridgehead atoms. The molecule has 3 atom stereocenters. The fraction of sp³-hybridized carbons (Fsp3) is 0.500. The second-order valence-corrected chi connectivity index (χ2v) is 7.79. The molecule has 1 aromatic rings. The molecule has 0 saturated carbocycles. The number of likely N-dealkylation sites (tertiary alicyclic amines) is 1. The molecule has 0 spiro atoms. The summed E-state index contributed by atoms with van der Waals surface area (Å²) in [4.78, 5) is 27.4. The Labute approximate surface area is 160 Å². The maximum absolute atomic E-state index is 12.9. The van der Waals surface area contributed by atoms with Crippen LogP contribution in [0.25, 0.3) is 6.08 Å². The molecule has 1 aromatic carbocycles. The Morgan fingerprint density at radius 2 is 2.11 bits per heavy atom. The van der Waals surface area contributed by atoms with Crippen LogP contribution in [0.5, 0.6) is 0 Å². The number of nitriles is 1. The minimum atomic E-state index is -0.457. The summed E-state index contributed by atoms with van der Waals surface area (Å²) in [6.45, 7) is 1.31. The zero-order valence-corrected chi connectivity index (χ0v) is 15.5. The number of hydrogen-bond acceptors (Lipinski definition) is 4. The van der Waals surface area contributed by atoms with Crippen LogP contribution in [0.1, 0.15) is 43.2 Å². The van der Waals surface area contributed by atoms with E-state index in [1.807, 2.05) is 12.1 Å². The van der Waals surface area contributed by atoms with E-state index in [1.54, 1.807) is 4.90 Å². The van der Waals surface area contributed by atoms with Gasteiger partial charge in [0.2, 0.25) is 5.91 Å². The van der Waals surface area contributed by atoms with Gasteiger partial charge in [-0.3, -0.25) is 9.59 Å². The van der Waals surface area contributed by atoms with E-state index in [2.05, 4.69) is 29.6 Å². The first-order valence-corrected chi connectivity index (χ1v) is 9.91. The van der Waals surface area contributed by atoms with Crippen molar-refractivity contribution in [2.75, 3.05) is 13.1 Å². The second kappa shape index (κ2) is 7.66. The summed E-state index contributed by atoms with van der Waals surface area (Å²) < 4.78 is 0. The minimum absolute atomic E-state index is 0.0672. The van der Waals surface area contributed by atoms with Crippen LogP contribution in [0.4, 0.5) is 0 Å². The summed E-state index contributed by atoms with van der Waals surface area (Å²) in [7, 11) is 0. The molecule has 5 heteroatoms. The maximum Gasteiger partial charge on any atom is 0.241 e. The van der Waals surface area contributed by atoms with Gasteiger partial charge in [-0.25, -0.2) is 0 Å². The number of Topliss-reactive ketones (excluding diaryl/α,β-unsaturated/α-hetero) is 1. The number of allylic oxidation sites excluding steroid dienone is 1. The number of nitrogens with one attached hydrogen (secondary N) is 1. The number of ketones is 1. The summed E-state index contributed by atoms with van der Waals surface area (Å²) in [5.74, 6) is -0.160. The van der Waals surface area contributed by atoms with Gasteiger partial charge in [0.25, 0.3) is 0 Å². The van der Waals surface area contributed by atoms with Crippen LogP contribution in [0.2, 0.25) is 0 Å². The first-order valence-electron chi connectivity index (χ1n) is 9.91. The Morgan fingerprint density at radius 1 is 1.26 bits per heavy atom. The predicted molar refractivity (Wildman–Crippen MR) is 103 cm³/mol. The highest BCUT2D eigenvalue weighted by Crippen LogP contribution is 2.29. The molecule has 2 fully saturated rings. The molecule has 5 nitrogen and oxygen atoms in total. The van der Waals surface area contributed by atoms with Crippen molar-refractivity contribution in [1.82, 2.24) is 10.2 Å². The molecule has 1 amide bonds. The van der Waals surface area contributed by atoms with Crippen LogP contribution in [0, 0.1) is 17.2 Å². The lowest BCUT2D eigenvalue weighted by atomic mass is 9.90. The Kier molecular flexibility index (Phi) is 5.09. The zero-order chi connectivity index (χ0) is 18.8. The highest BCUT2D eigenvalue weighted by atomic mass is 16.2. The lowest BCUT2D eigenvalue weighted by molar-refractivity contribution is -0.137. The Morgan fingerprint density at radius 3 is 2.93 bits per heavy atom. The maximum atomic E-state index is 12.9. The van der Waals surface area contributed by atoms with Crippen LogP contribution in [-0.2, 0) is 16.0 Å². The number of amides is 1. The number of nitrogens with zero attached hydrogens (tertiary/aromatic N) is 2. The number of benzene rings is 1. The fourth-order valence-electron chi connectivity index (χ4n) is 4.63. The average Bonchev–Trinajstić information content (AvgIpc) is 3.43. The van der Waals surface area contributed by atoms with Crippen molar-refractivity contribution >= 4 is 17.8 Å². The van der Waals surface area contributed by atoms with E-state index >= 15 is 0 Å². The summed E-state index contributed by atoms with van der Waals surface area (Å²) in [6.07, 6.45) is 6.67. The van der Waals surface area contributed by atoms with Gasteiger partial charge in [-0.05, 0) is 49.8 Å². The minimum Gasteiger partial charge on any atom is -0.325 e. The molecular formula is C22H25N3O2. The highest BCUT2D eigenvalue weighted by molar-refractivity contribution is 5.92. The molecule has 3 aliphatic rings. The smallest absolute Gasteiger partial charge is 0.241 e. The van der Waals surface area contributed by atoms with Gasteiger partial charge >= 0.3 is 0 Å². The molecule has 1 unspecified atom stereocenters. The lowest BCUT2D eigenvalue weighted by Crippen LogP contribution is -2.49. The van der Waals surface area contributed by atoms with Gasteiger partial charge in [0.15, 0.2) is 0 Å². The molecule has 140 valence electrons. The molecule has 2 heterocycles. The van der Waals surface area contributed by atoms with Crippen LogP contribution < -0.4 is 5.32 Å². The van der Waals surface area contributed by atoms with E-state index in [1.165, 1.54) is 16.7 Å². The Bertz CT molecular complexity index is 823. The van der Waals surface area contributed by atoms with Crippen molar-refractivity contribution in [3.8, 4) is 6.07 Å². The van der Waals surface area contributed by atoms with Gasteiger partial charge in [0.05, 0.1) is 12.1 Å². The number of rotatable bonds is 5. The third-order valence-corrected chi connectivity index (χ3v) is 6.11. The van der Waals surface area contributed by atoms with Gasteiger partial charge in [-0.15, -0.1) is 0 Å². The largest absolute Gasteiger partial charge is 0.325 e. The van der Waals surface area contributed by atoms with Crippen molar-refractivity contribution in [1.29, 1.82) is 5.26 Å². The topological polar surface area (TPSA) is 73.2 Å². The molecule has 2 aliphatic heterocycles. The van der Waals surface area contributed by atoms with E-state index in [-0.39, 0.29) is 23.7 Å². The first kappa shape index (κ1) is 17.9. The predicted octanol–water partition coefficient (Wildman–Crippen LogP) is 2.47. The Balaban J connectivity index is 1.36. The van der Waals surface area contributed by atoms with E-state index in [9.17, 15) is 14.9 Å². The summed E-state index contributed by atoms with van der Waals surface area (Å²) >= 11 is 0. The normalized spacial score (nSPS) is 26.6. The van der Waals surface area contributed by atoms with Crippen LogP contribution in [-0.4, -0.2) is 41.8 Å². The van der Waals surface area contributed by atoms with Gasteiger partial charge in [-0.1, -0.05) is 35.9 Å². The summed E-state index contributed by atoms with van der Waals surface area (Å²) in [6, 6.07) is 9.76. The number of carbonyl (C=O) groups excluding carboxylic acids is 2. The van der Waals surface area contributed by atoms with Crippen LogP contribution >= 0.6 is 0 Å². The van der Waals surface area contributed by atoms with E-state index in [0.717, 1.165) is 25.7 Å². The van der Waals surface area contributed by atoms with E-state index < -0.39 is 6.04 Å². The average molecular weight is 363 g/mol. The highest BCUT2D eigenvalue weighted by Gasteiger charge is 2.41. The lowest BCUT2D eigenvalue weighted by Gasteiger charge is -2.26. The number of fused-ring (bicyclic) bond motifs is 1. The van der Waals surface area contributed by atoms with Crippen molar-refractivity contribution in [3.63, 3.8) is 0 Å². The van der Waals surface area contributed by atoms with E-state index in [0.29, 0.717) is 25.9 Å². The van der Waals surface area contributed by atoms with Gasteiger partial charge in [-0.2, -0.15) is 5.26 Å². The molecule has 2 saturated heterocycles. The van der Waals surface area contributed by atoms with Crippen LogP contribution in [0.15, 0.2) is 29.8 Å². The SMILES string of the molecule is N#C[C@@H]1CCCN1C(=O)[C@@H]1NCCC1C(=O)CCC1=Cc2ccccc2C1. The third-order valence-electron chi connectivity index (χ3n) is 6.11. The Hall–Kier alpha value is -2.45. The molecule has 0 radical (unpaired) electrons. The van der Waals surface area contributed by atoms with Gasteiger partial charge in [0.1, 0.15) is 11.8 Å². The molecule has 27 heavy (non-hydrogen) atoms. The van der Waals surface area contributed by atoms with Crippen molar-refractivity contribution in [2.24, 2.45) is 5.92 Å². The van der Waals surface area contributed by atoms with Crippen LogP contribution in [0.3, 0.4) is 0 Å². The summed E-state index contributed by atoms with van der Waals surface area (Å²) in [5.41, 5.74) is 3.88. The molecule has 4 rings (SSSR count). The summed E-state index contributed by atoms with van der Waals surface area (Å²) in [5, 5.41) is 12.5.